The van der Waals surface area contributed by atoms with E-state index in [2.05, 4.69) is 40.2 Å². The molecule has 1 saturated heterocycles. The van der Waals surface area contributed by atoms with Crippen molar-refractivity contribution in [2.75, 3.05) is 85.9 Å². The van der Waals surface area contributed by atoms with Crippen molar-refractivity contribution in [3.63, 3.8) is 0 Å². The largest absolute Gasteiger partial charge is 0.494 e. The Labute approximate surface area is 720 Å². The Kier molecular flexibility index (Phi) is 26.2. The molecular formula is C91H84Cl4F2N14O11. The van der Waals surface area contributed by atoms with E-state index in [4.69, 9.17) is 79.6 Å². The highest BCUT2D eigenvalue weighted by molar-refractivity contribution is 6.32. The smallest absolute Gasteiger partial charge is 0.416 e. The summed E-state index contributed by atoms with van der Waals surface area (Å²) in [6, 6.07) is 56.5. The summed E-state index contributed by atoms with van der Waals surface area (Å²) >= 11 is 24.9. The number of aromatic amines is 3. The third kappa shape index (κ3) is 19.7. The number of nitrogens with zero attached hydrogens (tertiary/aromatic N) is 11. The number of methoxy groups -OCH3 is 1. The molecular weight excluding hydrogens is 1640 g/mol. The molecule has 3 N–H and O–H groups in total. The molecule has 14 aromatic rings. The van der Waals surface area contributed by atoms with Gasteiger partial charge in [0, 0.05) is 142 Å². The molecule has 9 aromatic carbocycles. The number of fused-ring (bicyclic) bond motifs is 9. The molecule has 5 aromatic heterocycles. The van der Waals surface area contributed by atoms with Crippen LogP contribution in [-0.4, -0.2) is 180 Å². The van der Waals surface area contributed by atoms with Crippen molar-refractivity contribution in [1.82, 2.24) is 69.4 Å². The van der Waals surface area contributed by atoms with Gasteiger partial charge in [0.1, 0.15) is 64.3 Å². The number of aromatic nitrogens is 9. The molecule has 9 heterocycles. The average Bonchev–Trinajstić information content (AvgIpc) is 1.60. The quantitative estimate of drug-likeness (QED) is 0.0533. The van der Waals surface area contributed by atoms with Crippen molar-refractivity contribution in [3.05, 3.63) is 307 Å². The fraction of sp³-hybridized carbons (Fsp3) is 0.253. The van der Waals surface area contributed by atoms with Gasteiger partial charge >= 0.3 is 18.3 Å². The zero-order chi connectivity index (χ0) is 84.2. The lowest BCUT2D eigenvalue weighted by molar-refractivity contribution is -0.135. The number of amides is 4. The summed E-state index contributed by atoms with van der Waals surface area (Å²) < 4.78 is 66.7. The second-order valence-electron chi connectivity index (χ2n) is 29.5. The summed E-state index contributed by atoms with van der Waals surface area (Å²) in [4.78, 5) is 76.2. The second kappa shape index (κ2) is 38.5. The Balaban J connectivity index is 0.000000136. The van der Waals surface area contributed by atoms with Gasteiger partial charge in [-0.15, -0.1) is 0 Å². The Bertz CT molecular complexity index is 5700. The van der Waals surface area contributed by atoms with Crippen LogP contribution in [0.4, 0.5) is 23.2 Å². The van der Waals surface area contributed by atoms with Crippen LogP contribution >= 0.6 is 46.4 Å². The lowest BCUT2D eigenvalue weighted by Gasteiger charge is -2.35. The molecule has 3 unspecified atom stereocenters. The zero-order valence-corrected chi connectivity index (χ0v) is 69.2. The van der Waals surface area contributed by atoms with Crippen molar-refractivity contribution in [2.45, 2.75) is 63.3 Å². The number of hydrogen-bond acceptors (Lipinski definition) is 16. The van der Waals surface area contributed by atoms with E-state index in [9.17, 15) is 28.0 Å². The molecule has 25 nitrogen and oxygen atoms in total. The maximum Gasteiger partial charge on any atom is 0.416 e. The molecule has 1 fully saturated rings. The molecule has 626 valence electrons. The molecule has 0 spiro atoms. The van der Waals surface area contributed by atoms with E-state index in [1.54, 1.807) is 80.5 Å². The number of ether oxygens (including phenoxy) is 7. The van der Waals surface area contributed by atoms with Crippen LogP contribution in [0.5, 0.6) is 34.5 Å². The monoisotopic (exact) mass is 1730 g/mol. The Hall–Kier alpha value is -12.5. The van der Waals surface area contributed by atoms with Crippen LogP contribution in [0.15, 0.2) is 225 Å². The number of piperazine rings is 1. The molecule has 122 heavy (non-hydrogen) atoms. The van der Waals surface area contributed by atoms with Gasteiger partial charge in [-0.2, -0.15) is 30.0 Å². The first-order valence-corrected chi connectivity index (χ1v) is 41.5. The highest BCUT2D eigenvalue weighted by atomic mass is 35.5. The van der Waals surface area contributed by atoms with Gasteiger partial charge in [-0.1, -0.05) is 82.8 Å². The summed E-state index contributed by atoms with van der Waals surface area (Å²) in [5, 5.41) is 22.1. The van der Waals surface area contributed by atoms with Crippen LogP contribution in [0.25, 0.3) is 32.7 Å². The number of benzene rings is 9. The van der Waals surface area contributed by atoms with E-state index in [0.29, 0.717) is 116 Å². The molecule has 3 atom stereocenters. The molecule has 0 saturated carbocycles. The van der Waals surface area contributed by atoms with E-state index in [1.807, 2.05) is 132 Å². The molecule has 0 aliphatic carbocycles. The molecule has 4 aliphatic heterocycles. The van der Waals surface area contributed by atoms with Gasteiger partial charge in [-0.05, 0) is 216 Å². The molecule has 18 rings (SSSR count). The first kappa shape index (κ1) is 83.2. The number of rotatable bonds is 22. The molecule has 4 aliphatic rings. The number of aryl methyl sites for hydroxylation is 2. The van der Waals surface area contributed by atoms with Gasteiger partial charge in [0.15, 0.2) is 6.61 Å². The third-order valence-corrected chi connectivity index (χ3v) is 22.7. The summed E-state index contributed by atoms with van der Waals surface area (Å²) in [6.45, 7) is 8.19. The first-order valence-electron chi connectivity index (χ1n) is 40.0. The lowest BCUT2D eigenvalue weighted by Crippen LogP contribution is -2.50. The normalized spacial score (nSPS) is 15.6. The summed E-state index contributed by atoms with van der Waals surface area (Å²) in [5.41, 5.74) is 11.6. The number of hydrogen-bond donors (Lipinski definition) is 3. The SMILES string of the molecule is COCCN1CCN(C(=O)COc2ccc(C3c4[nH]c5ccc(Cl)cc5c4CCN3C(=O)Oc3ccc(F)cc3)cc2)CC1.O=C(Oc1ccc(Cl)cc1)N1CCc2c([nH]c3ccc(Cl)cc23)C1c1ccc(OCCCn2nccn2)cc1.O=C(Oc1ccc(F)cc1)N1CCc2c([nH]c3ccc(Cl)cc23)C1c1ccc(OCCCn2nccn2)cc1. The van der Waals surface area contributed by atoms with Crippen LogP contribution in [0.3, 0.4) is 0 Å². The fourth-order valence-electron chi connectivity index (χ4n) is 15.8. The maximum absolute atomic E-state index is 13.5. The molecule has 0 bridgehead atoms. The van der Waals surface area contributed by atoms with Crippen LogP contribution in [0.2, 0.25) is 20.1 Å². The fourth-order valence-corrected chi connectivity index (χ4v) is 16.5. The van der Waals surface area contributed by atoms with Gasteiger partial charge in [-0.25, -0.2) is 23.2 Å². The standard InChI is InChI=1S/C33H34ClFN4O5.C29H25Cl2N5O3.C29H25ClFN5O3/c1-42-19-18-37-14-16-38(17-15-37)30(40)21-43-25-7-2-22(3-8-25)32-31-27(28-20-23(34)4-11-29(28)36-31)12-13-39(32)33(41)44-26-9-5-24(35)6-10-26;30-20-4-9-23(10-5-20)39-29(37)35-16-12-24-25-18-21(31)6-11-26(25)34-27(24)28(35)19-2-7-22(8-3-19)38-17-1-15-36-32-13-14-33-36;30-20-4-11-26-25(18-20)24-12-16-35(29(37)39-23-9-5-21(31)6-10-23)28(27(24)34-26)19-2-7-22(8-3-19)38-17-1-15-36-32-13-14-33-36/h2-11,20,32,36H,12-19,21H2,1H3;2*2-11,13-14,18,28,34H,1,12,15-17H2. The van der Waals surface area contributed by atoms with E-state index < -0.39 is 42.0 Å². The van der Waals surface area contributed by atoms with Crippen molar-refractivity contribution in [2.24, 2.45) is 0 Å². The maximum atomic E-state index is 13.5. The number of carbonyl (C=O) groups is 4. The Morgan fingerprint density at radius 2 is 0.713 bits per heavy atom. The van der Waals surface area contributed by atoms with Gasteiger partial charge in [0.05, 0.1) is 57.7 Å². The predicted molar refractivity (Wildman–Crippen MR) is 459 cm³/mol. The van der Waals surface area contributed by atoms with Crippen LogP contribution in [0, 0.1) is 11.6 Å². The van der Waals surface area contributed by atoms with Gasteiger partial charge in [0.2, 0.25) is 0 Å². The Morgan fingerprint density at radius 1 is 0.385 bits per heavy atom. The van der Waals surface area contributed by atoms with Crippen molar-refractivity contribution in [3.8, 4) is 34.5 Å². The Morgan fingerprint density at radius 3 is 1.07 bits per heavy atom. The lowest BCUT2D eigenvalue weighted by atomic mass is 9.92. The first-order chi connectivity index (χ1) is 59.5. The minimum atomic E-state index is -0.544. The number of carbonyl (C=O) groups excluding carboxylic acids is 4. The second-order valence-corrected chi connectivity index (χ2v) is 31.2. The highest BCUT2D eigenvalue weighted by Gasteiger charge is 2.40. The van der Waals surface area contributed by atoms with Crippen molar-refractivity contribution in [1.29, 1.82) is 0 Å². The van der Waals surface area contributed by atoms with Gasteiger partial charge in [0.25, 0.3) is 5.91 Å². The van der Waals surface area contributed by atoms with Crippen molar-refractivity contribution < 1.29 is 61.1 Å². The minimum Gasteiger partial charge on any atom is -0.494 e. The number of nitrogens with one attached hydrogen (secondary N) is 3. The predicted octanol–water partition coefficient (Wildman–Crippen LogP) is 18.1. The number of H-pyrrole nitrogens is 3. The zero-order valence-electron chi connectivity index (χ0n) is 66.2. The topological polar surface area (TPSA) is 258 Å². The van der Waals surface area contributed by atoms with E-state index in [-0.39, 0.29) is 30.1 Å². The average molecular weight is 1730 g/mol. The minimum absolute atomic E-state index is 0.0517. The summed E-state index contributed by atoms with van der Waals surface area (Å²) in [6.07, 6.45) is 8.59. The van der Waals surface area contributed by atoms with Crippen molar-refractivity contribution >= 4 is 103 Å². The third-order valence-electron chi connectivity index (χ3n) is 21.8. The summed E-state index contributed by atoms with van der Waals surface area (Å²) in [5.74, 6) is 2.15. The van der Waals surface area contributed by atoms with Crippen LogP contribution in [-0.2, 0) is 41.9 Å². The van der Waals surface area contributed by atoms with Crippen LogP contribution < -0.4 is 28.4 Å². The summed E-state index contributed by atoms with van der Waals surface area (Å²) in [7, 11) is 1.69. The molecule has 4 amide bonds. The van der Waals surface area contributed by atoms with E-state index in [1.165, 1.54) is 48.5 Å². The molecule has 31 heteroatoms. The van der Waals surface area contributed by atoms with Gasteiger partial charge < -0.3 is 53.0 Å². The molecule has 0 radical (unpaired) electrons. The number of halogens is 6. The highest BCUT2D eigenvalue weighted by Crippen LogP contribution is 2.44. The van der Waals surface area contributed by atoms with E-state index >= 15 is 0 Å². The van der Waals surface area contributed by atoms with Crippen LogP contribution in [0.1, 0.15) is 81.4 Å². The van der Waals surface area contributed by atoms with Gasteiger partial charge in [-0.3, -0.25) is 24.4 Å². The van der Waals surface area contributed by atoms with E-state index in [0.717, 1.165) is 127 Å².